The number of fused-ring (bicyclic) bond motifs is 1. The highest BCUT2D eigenvalue weighted by Gasteiger charge is 2.44. The molecule has 3 aromatic rings. The molecule has 0 aliphatic carbocycles. The van der Waals surface area contributed by atoms with Crippen molar-refractivity contribution in [1.82, 2.24) is 24.4 Å². The van der Waals surface area contributed by atoms with Crippen LogP contribution in [0.25, 0.3) is 11.2 Å². The normalized spacial score (nSPS) is 22.9. The molecule has 41 heavy (non-hydrogen) atoms. The zero-order chi connectivity index (χ0) is 29.1. The van der Waals surface area contributed by atoms with E-state index < -0.39 is 42.2 Å². The number of imidazole rings is 1. The summed E-state index contributed by atoms with van der Waals surface area (Å²) in [5.41, 5.74) is 7.27. The number of aliphatic hydroxyl groups is 3. The number of benzene rings is 1. The molecule has 0 spiro atoms. The number of aliphatic hydroxyl groups excluding tert-OH is 3. The van der Waals surface area contributed by atoms with Crippen LogP contribution < -0.4 is 5.73 Å². The van der Waals surface area contributed by atoms with E-state index in [-0.39, 0.29) is 35.5 Å². The fraction of sp³-hybridized carbons (Fsp3) is 0.462. The molecular weight excluding hydrogens is 538 g/mol. The number of rotatable bonds is 6. The van der Waals surface area contributed by atoms with Crippen molar-refractivity contribution < 1.29 is 34.5 Å². The maximum absolute atomic E-state index is 12.4. The number of nitrogens with two attached hydrogens (primary N) is 1. The SMILES string of the molecule is Nc1nc(C#CCC2CCN(C(=O)OCc3ccc([N+](=O)[O-])cc3)CC2)nc2c1ncn2[C@@H]1O[C@H](CO)[C@@H](O)[C@H]1O. The van der Waals surface area contributed by atoms with E-state index in [0.717, 1.165) is 12.8 Å². The summed E-state index contributed by atoms with van der Waals surface area (Å²) in [7, 11) is 0. The molecule has 15 nitrogen and oxygen atoms in total. The molecular formula is C26H29N7O8. The molecule has 216 valence electrons. The van der Waals surface area contributed by atoms with E-state index in [1.807, 2.05) is 0 Å². The largest absolute Gasteiger partial charge is 0.445 e. The van der Waals surface area contributed by atoms with Crippen LogP contribution in [0.4, 0.5) is 16.3 Å². The maximum Gasteiger partial charge on any atom is 0.410 e. The van der Waals surface area contributed by atoms with E-state index in [4.69, 9.17) is 15.2 Å². The molecule has 2 fully saturated rings. The van der Waals surface area contributed by atoms with Gasteiger partial charge in [0.25, 0.3) is 5.69 Å². The molecule has 4 heterocycles. The second-order valence-electron chi connectivity index (χ2n) is 9.90. The molecule has 2 aliphatic rings. The molecule has 4 atom stereocenters. The minimum atomic E-state index is -1.30. The summed E-state index contributed by atoms with van der Waals surface area (Å²) in [6.07, 6.45) is -1.58. The summed E-state index contributed by atoms with van der Waals surface area (Å²) in [6, 6.07) is 5.85. The number of carbonyl (C=O) groups excluding carboxylic acids is 1. The second kappa shape index (κ2) is 12.0. The molecule has 0 radical (unpaired) electrons. The Morgan fingerprint density at radius 3 is 2.59 bits per heavy atom. The van der Waals surface area contributed by atoms with Crippen molar-refractivity contribution in [2.75, 3.05) is 25.4 Å². The van der Waals surface area contributed by atoms with Gasteiger partial charge in [-0.15, -0.1) is 0 Å². The Morgan fingerprint density at radius 2 is 1.93 bits per heavy atom. The maximum atomic E-state index is 12.4. The smallest absolute Gasteiger partial charge is 0.410 e. The predicted molar refractivity (Wildman–Crippen MR) is 142 cm³/mol. The predicted octanol–water partition coefficient (Wildman–Crippen LogP) is 0.719. The number of nitrogen functional groups attached to an aromatic ring is 1. The second-order valence-corrected chi connectivity index (χ2v) is 9.90. The van der Waals surface area contributed by atoms with Crippen LogP contribution in [0, 0.1) is 27.9 Å². The molecule has 0 bridgehead atoms. The van der Waals surface area contributed by atoms with E-state index in [1.54, 1.807) is 17.0 Å². The minimum Gasteiger partial charge on any atom is -0.445 e. The molecule has 1 amide bonds. The third-order valence-electron chi connectivity index (χ3n) is 7.21. The van der Waals surface area contributed by atoms with Crippen LogP contribution in [-0.4, -0.2) is 88.8 Å². The van der Waals surface area contributed by atoms with Crippen LogP contribution in [0.1, 0.15) is 36.9 Å². The van der Waals surface area contributed by atoms with Gasteiger partial charge in [0.05, 0.1) is 17.9 Å². The zero-order valence-corrected chi connectivity index (χ0v) is 21.9. The van der Waals surface area contributed by atoms with Gasteiger partial charge in [-0.2, -0.15) is 0 Å². The highest BCUT2D eigenvalue weighted by Crippen LogP contribution is 2.32. The summed E-state index contributed by atoms with van der Waals surface area (Å²) >= 11 is 0. The number of hydrogen-bond donors (Lipinski definition) is 4. The molecule has 1 aromatic carbocycles. The highest BCUT2D eigenvalue weighted by atomic mass is 16.6. The number of amides is 1. The van der Waals surface area contributed by atoms with Gasteiger partial charge in [-0.3, -0.25) is 14.7 Å². The van der Waals surface area contributed by atoms with Crippen molar-refractivity contribution in [1.29, 1.82) is 0 Å². The number of non-ortho nitro benzene ring substituents is 1. The Bertz CT molecular complexity index is 1480. The molecule has 2 aromatic heterocycles. The lowest BCUT2D eigenvalue weighted by Crippen LogP contribution is -2.38. The Hall–Kier alpha value is -4.36. The summed E-state index contributed by atoms with van der Waals surface area (Å²) < 4.78 is 12.4. The van der Waals surface area contributed by atoms with Crippen LogP contribution in [-0.2, 0) is 16.1 Å². The molecule has 15 heteroatoms. The third-order valence-corrected chi connectivity index (χ3v) is 7.21. The quantitative estimate of drug-likeness (QED) is 0.184. The summed E-state index contributed by atoms with van der Waals surface area (Å²) in [6.45, 7) is 0.607. The van der Waals surface area contributed by atoms with Crippen molar-refractivity contribution in [3.8, 4) is 11.8 Å². The lowest BCUT2D eigenvalue weighted by atomic mass is 9.94. The summed E-state index contributed by atoms with van der Waals surface area (Å²) in [5.74, 6) is 6.53. The number of nitro groups is 1. The van der Waals surface area contributed by atoms with Crippen LogP contribution in [0.3, 0.4) is 0 Å². The minimum absolute atomic E-state index is 0.0244. The average molecular weight is 568 g/mol. The Balaban J connectivity index is 1.15. The third kappa shape index (κ3) is 6.05. The van der Waals surface area contributed by atoms with E-state index in [2.05, 4.69) is 26.8 Å². The topological polar surface area (TPSA) is 212 Å². The van der Waals surface area contributed by atoms with Crippen molar-refractivity contribution >= 4 is 28.8 Å². The van der Waals surface area contributed by atoms with E-state index in [0.29, 0.717) is 30.6 Å². The molecule has 5 N–H and O–H groups in total. The Morgan fingerprint density at radius 1 is 1.20 bits per heavy atom. The fourth-order valence-corrected chi connectivity index (χ4v) is 4.83. The number of aromatic nitrogens is 4. The fourth-order valence-electron chi connectivity index (χ4n) is 4.83. The van der Waals surface area contributed by atoms with Gasteiger partial charge >= 0.3 is 6.09 Å². The van der Waals surface area contributed by atoms with Gasteiger partial charge < -0.3 is 35.4 Å². The number of likely N-dealkylation sites (tertiary alicyclic amines) is 1. The van der Waals surface area contributed by atoms with Crippen molar-refractivity contribution in [2.24, 2.45) is 5.92 Å². The number of anilines is 1. The Kier molecular flexibility index (Phi) is 8.26. The molecule has 0 unspecified atom stereocenters. The van der Waals surface area contributed by atoms with Crippen LogP contribution >= 0.6 is 0 Å². The number of carbonyl (C=O) groups is 1. The molecule has 2 saturated heterocycles. The van der Waals surface area contributed by atoms with Crippen molar-refractivity contribution in [3.05, 3.63) is 52.1 Å². The van der Waals surface area contributed by atoms with Crippen molar-refractivity contribution in [3.63, 3.8) is 0 Å². The van der Waals surface area contributed by atoms with Crippen LogP contribution in [0.2, 0.25) is 0 Å². The van der Waals surface area contributed by atoms with E-state index in [9.17, 15) is 30.2 Å². The molecule has 0 saturated carbocycles. The standard InChI is InChI=1S/C26H29N7O8/c27-23-20-24(32(14-28-20)25-22(36)21(35)18(12-34)41-25)30-19(29-23)3-1-2-15-8-10-31(11-9-15)26(37)40-13-16-4-6-17(7-5-16)33(38)39/h4-7,14-15,18,21-22,25,34-36H,2,8-13H2,(H2,27,29,30)/t18-,21-,22-,25-/m1/s1. The highest BCUT2D eigenvalue weighted by molar-refractivity contribution is 5.82. The van der Waals surface area contributed by atoms with Gasteiger partial charge in [-0.25, -0.2) is 19.7 Å². The van der Waals surface area contributed by atoms with Gasteiger partial charge in [0.2, 0.25) is 5.82 Å². The van der Waals surface area contributed by atoms with E-state index >= 15 is 0 Å². The summed E-state index contributed by atoms with van der Waals surface area (Å²) in [4.78, 5) is 37.2. The van der Waals surface area contributed by atoms with Gasteiger partial charge in [0.1, 0.15) is 30.4 Å². The first-order chi connectivity index (χ1) is 19.7. The zero-order valence-electron chi connectivity index (χ0n) is 21.9. The monoisotopic (exact) mass is 567 g/mol. The first-order valence-electron chi connectivity index (χ1n) is 13.0. The van der Waals surface area contributed by atoms with Crippen molar-refractivity contribution in [2.45, 2.75) is 50.4 Å². The molecule has 5 rings (SSSR count). The number of nitro benzene ring substituents is 1. The lowest BCUT2D eigenvalue weighted by molar-refractivity contribution is -0.384. The van der Waals surface area contributed by atoms with E-state index in [1.165, 1.54) is 23.0 Å². The number of hydrogen-bond acceptors (Lipinski definition) is 12. The number of ether oxygens (including phenoxy) is 2. The van der Waals surface area contributed by atoms with Crippen LogP contribution in [0.15, 0.2) is 30.6 Å². The lowest BCUT2D eigenvalue weighted by Gasteiger charge is -2.30. The number of piperidine rings is 1. The Labute approximate surface area is 233 Å². The van der Waals surface area contributed by atoms with Gasteiger partial charge in [-0.1, -0.05) is 5.92 Å². The summed E-state index contributed by atoms with van der Waals surface area (Å²) in [5, 5.41) is 40.6. The van der Waals surface area contributed by atoms with Gasteiger partial charge in [-0.05, 0) is 42.4 Å². The first kappa shape index (κ1) is 28.2. The van der Waals surface area contributed by atoms with Gasteiger partial charge in [0.15, 0.2) is 17.7 Å². The van der Waals surface area contributed by atoms with Crippen LogP contribution in [0.5, 0.6) is 0 Å². The van der Waals surface area contributed by atoms with Gasteiger partial charge in [0, 0.05) is 31.6 Å². The first-order valence-corrected chi connectivity index (χ1v) is 13.0. The number of nitrogens with zero attached hydrogens (tertiary/aromatic N) is 6. The average Bonchev–Trinajstić information content (AvgIpc) is 3.52. The molecule has 2 aliphatic heterocycles.